The van der Waals surface area contributed by atoms with Gasteiger partial charge in [-0.2, -0.15) is 13.2 Å². The fourth-order valence-corrected chi connectivity index (χ4v) is 3.08. The van der Waals surface area contributed by atoms with Crippen LogP contribution in [0.5, 0.6) is 0 Å². The van der Waals surface area contributed by atoms with E-state index in [4.69, 9.17) is 0 Å². The first kappa shape index (κ1) is 18.0. The summed E-state index contributed by atoms with van der Waals surface area (Å²) in [6, 6.07) is 16.1. The Labute approximate surface area is 159 Å². The van der Waals surface area contributed by atoms with Gasteiger partial charge in [-0.3, -0.25) is 0 Å². The number of aromatic amines is 1. The smallest absolute Gasteiger partial charge is 0.362 e. The van der Waals surface area contributed by atoms with Crippen LogP contribution in [-0.2, 0) is 6.18 Å². The highest BCUT2D eigenvalue weighted by Crippen LogP contribution is 2.36. The molecule has 0 saturated heterocycles. The van der Waals surface area contributed by atoms with Gasteiger partial charge in [0.25, 0.3) is 0 Å². The van der Waals surface area contributed by atoms with E-state index in [1.165, 1.54) is 0 Å². The Kier molecular flexibility index (Phi) is 4.30. The predicted octanol–water partition coefficient (Wildman–Crippen LogP) is 5.38. The Morgan fingerprint density at radius 3 is 2.25 bits per heavy atom. The molecule has 0 fully saturated rings. The Bertz CT molecular complexity index is 1100. The standard InChI is InChI=1S/C21H17F3N4/c1-28(2)20-16(11-15(12-25-20)21(22,23)24)13-7-9-14(10-8-13)19-26-17-5-3-4-6-18(17)27-19/h3-12H,1-2H3,(H,26,27). The van der Waals surface area contributed by atoms with E-state index >= 15 is 0 Å². The van der Waals surface area contributed by atoms with E-state index < -0.39 is 11.7 Å². The number of nitrogens with one attached hydrogen (secondary N) is 1. The Morgan fingerprint density at radius 1 is 0.929 bits per heavy atom. The van der Waals surface area contributed by atoms with Gasteiger partial charge < -0.3 is 9.88 Å². The van der Waals surface area contributed by atoms with Gasteiger partial charge in [-0.1, -0.05) is 36.4 Å². The molecule has 28 heavy (non-hydrogen) atoms. The zero-order valence-electron chi connectivity index (χ0n) is 15.2. The third-order valence-corrected chi connectivity index (χ3v) is 4.48. The van der Waals surface area contributed by atoms with Crippen molar-refractivity contribution in [1.82, 2.24) is 15.0 Å². The van der Waals surface area contributed by atoms with Crippen LogP contribution in [-0.4, -0.2) is 29.0 Å². The lowest BCUT2D eigenvalue weighted by molar-refractivity contribution is -0.137. The third kappa shape index (κ3) is 3.31. The predicted molar refractivity (Wildman–Crippen MR) is 104 cm³/mol. The number of fused-ring (bicyclic) bond motifs is 1. The van der Waals surface area contributed by atoms with Crippen LogP contribution >= 0.6 is 0 Å². The molecule has 4 aromatic rings. The van der Waals surface area contributed by atoms with Crippen LogP contribution < -0.4 is 4.90 Å². The molecular weight excluding hydrogens is 365 g/mol. The molecule has 0 unspecified atom stereocenters. The summed E-state index contributed by atoms with van der Waals surface area (Å²) in [5.74, 6) is 1.19. The number of nitrogens with zero attached hydrogens (tertiary/aromatic N) is 3. The summed E-state index contributed by atoms with van der Waals surface area (Å²) >= 11 is 0. The van der Waals surface area contributed by atoms with Gasteiger partial charge in [0.15, 0.2) is 0 Å². The van der Waals surface area contributed by atoms with Crippen LogP contribution in [0.3, 0.4) is 0 Å². The topological polar surface area (TPSA) is 44.8 Å². The number of hydrogen-bond donors (Lipinski definition) is 1. The molecule has 1 N–H and O–H groups in total. The van der Waals surface area contributed by atoms with Crippen molar-refractivity contribution in [2.24, 2.45) is 0 Å². The van der Waals surface area contributed by atoms with Crippen LogP contribution in [0.1, 0.15) is 5.56 Å². The molecule has 0 amide bonds. The van der Waals surface area contributed by atoms with E-state index in [0.29, 0.717) is 22.8 Å². The van der Waals surface area contributed by atoms with E-state index in [1.54, 1.807) is 31.1 Å². The van der Waals surface area contributed by atoms with E-state index in [2.05, 4.69) is 15.0 Å². The average Bonchev–Trinajstić information content (AvgIpc) is 3.11. The van der Waals surface area contributed by atoms with E-state index in [0.717, 1.165) is 28.9 Å². The van der Waals surface area contributed by atoms with Crippen molar-refractivity contribution in [3.63, 3.8) is 0 Å². The SMILES string of the molecule is CN(C)c1ncc(C(F)(F)F)cc1-c1ccc(-c2nc3ccccc3[nH]2)cc1. The number of pyridine rings is 1. The monoisotopic (exact) mass is 382 g/mol. The number of imidazole rings is 1. The van der Waals surface area contributed by atoms with E-state index in [-0.39, 0.29) is 0 Å². The molecule has 7 heteroatoms. The highest BCUT2D eigenvalue weighted by atomic mass is 19.4. The maximum atomic E-state index is 13.1. The minimum atomic E-state index is -4.44. The molecule has 0 aliphatic rings. The van der Waals surface area contributed by atoms with Crippen LogP contribution in [0.4, 0.5) is 19.0 Å². The molecule has 2 heterocycles. The van der Waals surface area contributed by atoms with Crippen molar-refractivity contribution in [1.29, 1.82) is 0 Å². The van der Waals surface area contributed by atoms with Crippen molar-refractivity contribution < 1.29 is 13.2 Å². The molecule has 0 aliphatic heterocycles. The molecule has 0 aliphatic carbocycles. The van der Waals surface area contributed by atoms with Gasteiger partial charge in [-0.05, 0) is 23.8 Å². The molecular formula is C21H17F3N4. The fraction of sp³-hybridized carbons (Fsp3) is 0.143. The number of alkyl halides is 3. The summed E-state index contributed by atoms with van der Waals surface area (Å²) in [6.07, 6.45) is -3.58. The lowest BCUT2D eigenvalue weighted by atomic mass is 10.0. The Balaban J connectivity index is 1.76. The second-order valence-electron chi connectivity index (χ2n) is 6.67. The zero-order chi connectivity index (χ0) is 19.9. The van der Waals surface area contributed by atoms with Crippen LogP contribution in [0.2, 0.25) is 0 Å². The van der Waals surface area contributed by atoms with Gasteiger partial charge in [-0.15, -0.1) is 0 Å². The second-order valence-corrected chi connectivity index (χ2v) is 6.67. The number of rotatable bonds is 3. The highest BCUT2D eigenvalue weighted by Gasteiger charge is 2.32. The molecule has 4 rings (SSSR count). The van der Waals surface area contributed by atoms with E-state index in [1.807, 2.05) is 36.4 Å². The van der Waals surface area contributed by atoms with Crippen molar-refractivity contribution in [3.05, 3.63) is 66.4 Å². The molecule has 2 aromatic heterocycles. The first-order valence-corrected chi connectivity index (χ1v) is 8.63. The van der Waals surface area contributed by atoms with Crippen molar-refractivity contribution in [2.45, 2.75) is 6.18 Å². The molecule has 2 aromatic carbocycles. The van der Waals surface area contributed by atoms with Gasteiger partial charge in [0, 0.05) is 31.4 Å². The number of halogens is 3. The number of hydrogen-bond acceptors (Lipinski definition) is 3. The minimum absolute atomic E-state index is 0.427. The zero-order valence-corrected chi connectivity index (χ0v) is 15.2. The quantitative estimate of drug-likeness (QED) is 0.518. The number of benzene rings is 2. The molecule has 0 bridgehead atoms. The second kappa shape index (κ2) is 6.67. The summed E-state index contributed by atoms with van der Waals surface area (Å²) < 4.78 is 39.4. The van der Waals surface area contributed by atoms with Gasteiger partial charge >= 0.3 is 6.18 Å². The summed E-state index contributed by atoms with van der Waals surface area (Å²) in [7, 11) is 3.50. The first-order valence-electron chi connectivity index (χ1n) is 8.63. The van der Waals surface area contributed by atoms with Crippen molar-refractivity contribution in [2.75, 3.05) is 19.0 Å². The summed E-state index contributed by atoms with van der Waals surface area (Å²) in [5.41, 5.74) is 2.95. The number of para-hydroxylation sites is 2. The minimum Gasteiger partial charge on any atom is -0.362 e. The van der Waals surface area contributed by atoms with Gasteiger partial charge in [-0.25, -0.2) is 9.97 Å². The lowest BCUT2D eigenvalue weighted by Crippen LogP contribution is -2.14. The first-order chi connectivity index (χ1) is 13.3. The largest absolute Gasteiger partial charge is 0.417 e. The molecule has 0 saturated carbocycles. The Morgan fingerprint density at radius 2 is 1.61 bits per heavy atom. The molecule has 0 radical (unpaired) electrons. The normalized spacial score (nSPS) is 11.8. The lowest BCUT2D eigenvalue weighted by Gasteiger charge is -2.18. The van der Waals surface area contributed by atoms with E-state index in [9.17, 15) is 13.2 Å². The van der Waals surface area contributed by atoms with Gasteiger partial charge in [0.05, 0.1) is 16.6 Å². The van der Waals surface area contributed by atoms with Gasteiger partial charge in [0.2, 0.25) is 0 Å². The number of H-pyrrole nitrogens is 1. The average molecular weight is 382 g/mol. The Hall–Kier alpha value is -3.35. The molecule has 0 atom stereocenters. The maximum Gasteiger partial charge on any atom is 0.417 e. The molecule has 4 nitrogen and oxygen atoms in total. The van der Waals surface area contributed by atoms with Crippen molar-refractivity contribution in [3.8, 4) is 22.5 Å². The summed E-state index contributed by atoms with van der Waals surface area (Å²) in [4.78, 5) is 13.5. The number of anilines is 1. The number of aromatic nitrogens is 3. The summed E-state index contributed by atoms with van der Waals surface area (Å²) in [5, 5.41) is 0. The maximum absolute atomic E-state index is 13.1. The third-order valence-electron chi connectivity index (χ3n) is 4.48. The fourth-order valence-electron chi connectivity index (χ4n) is 3.08. The van der Waals surface area contributed by atoms with Crippen LogP contribution in [0, 0.1) is 0 Å². The van der Waals surface area contributed by atoms with Gasteiger partial charge in [0.1, 0.15) is 11.6 Å². The van der Waals surface area contributed by atoms with Crippen LogP contribution in [0.25, 0.3) is 33.5 Å². The molecule has 142 valence electrons. The van der Waals surface area contributed by atoms with Crippen molar-refractivity contribution >= 4 is 16.9 Å². The molecule has 0 spiro atoms. The summed E-state index contributed by atoms with van der Waals surface area (Å²) in [6.45, 7) is 0. The van der Waals surface area contributed by atoms with Crippen LogP contribution in [0.15, 0.2) is 60.8 Å². The highest BCUT2D eigenvalue weighted by molar-refractivity contribution is 5.81.